The molecule has 152 valence electrons. The molecule has 1 rings (SSSR count). The molecule has 3 heteroatoms. The summed E-state index contributed by atoms with van der Waals surface area (Å²) in [6.45, 7) is 8.43. The summed E-state index contributed by atoms with van der Waals surface area (Å²) in [5, 5.41) is 13.1. The smallest absolute Gasteiger partial charge is 0.274 e. The summed E-state index contributed by atoms with van der Waals surface area (Å²) in [6, 6.07) is 0.534. The lowest BCUT2D eigenvalue weighted by Crippen LogP contribution is -2.36. The minimum Gasteiger partial charge on any atom is -0.381 e. The van der Waals surface area contributed by atoms with Crippen LogP contribution in [-0.2, 0) is 0 Å². The topological polar surface area (TPSA) is 35.3 Å². The quantitative estimate of drug-likeness (QED) is 0.218. The summed E-state index contributed by atoms with van der Waals surface area (Å²) < 4.78 is 2.36. The molecule has 3 nitrogen and oxygen atoms in total. The first kappa shape index (κ1) is 23.2. The van der Waals surface area contributed by atoms with Crippen molar-refractivity contribution in [2.45, 2.75) is 116 Å². The average molecular weight is 366 g/mol. The monoisotopic (exact) mass is 365 g/mol. The molecular formula is C23H45N2O+. The molecule has 0 bridgehead atoms. The number of hydrogen-bond donors (Lipinski definition) is 2. The molecule has 0 fully saturated rings. The van der Waals surface area contributed by atoms with Gasteiger partial charge < -0.3 is 5.11 Å². The molecule has 0 amide bonds. The molecule has 0 aromatic carbocycles. The summed E-state index contributed by atoms with van der Waals surface area (Å²) >= 11 is 0. The molecule has 2 unspecified atom stereocenters. The number of aliphatic hydroxyl groups is 1. The predicted molar refractivity (Wildman–Crippen MR) is 114 cm³/mol. The molecular weight excluding hydrogens is 320 g/mol. The van der Waals surface area contributed by atoms with Gasteiger partial charge in [-0.05, 0) is 52.4 Å². The first-order chi connectivity index (χ1) is 12.7. The first-order valence-electron chi connectivity index (χ1n) is 11.4. The van der Waals surface area contributed by atoms with Gasteiger partial charge in [-0.2, -0.15) is 0 Å². The van der Waals surface area contributed by atoms with Gasteiger partial charge in [-0.25, -0.2) is 0 Å². The largest absolute Gasteiger partial charge is 0.381 e. The fourth-order valence-corrected chi connectivity index (χ4v) is 3.86. The van der Waals surface area contributed by atoms with Crippen molar-refractivity contribution in [3.8, 4) is 0 Å². The van der Waals surface area contributed by atoms with E-state index in [-0.39, 0.29) is 6.10 Å². The molecule has 0 spiro atoms. The molecule has 26 heavy (non-hydrogen) atoms. The van der Waals surface area contributed by atoms with E-state index in [1.54, 1.807) is 0 Å². The van der Waals surface area contributed by atoms with Crippen molar-refractivity contribution in [3.63, 3.8) is 0 Å². The van der Waals surface area contributed by atoms with E-state index >= 15 is 0 Å². The zero-order valence-corrected chi connectivity index (χ0v) is 17.8. The molecule has 2 N–H and O–H groups in total. The maximum absolute atomic E-state index is 9.82. The summed E-state index contributed by atoms with van der Waals surface area (Å²) in [6.07, 6.45) is 21.9. The van der Waals surface area contributed by atoms with Gasteiger partial charge in [0, 0.05) is 0 Å². The van der Waals surface area contributed by atoms with Crippen LogP contribution in [0.4, 0.5) is 0 Å². The molecule has 0 aromatic heterocycles. The van der Waals surface area contributed by atoms with Crippen molar-refractivity contribution in [3.05, 3.63) is 12.2 Å². The molecule has 1 aliphatic heterocycles. The molecule has 0 radical (unpaired) electrons. The Kier molecular flexibility index (Phi) is 13.6. The second-order valence-corrected chi connectivity index (χ2v) is 8.05. The number of nitrogens with zero attached hydrogens (tertiary/aromatic N) is 1. The molecule has 0 saturated carbocycles. The van der Waals surface area contributed by atoms with Gasteiger partial charge in [0.05, 0.1) is 6.04 Å². The molecule has 0 aromatic rings. The van der Waals surface area contributed by atoms with E-state index < -0.39 is 0 Å². The normalized spacial score (nSPS) is 17.1. The highest BCUT2D eigenvalue weighted by molar-refractivity contribution is 5.82. The van der Waals surface area contributed by atoms with Gasteiger partial charge in [-0.1, -0.05) is 64.0 Å². The maximum Gasteiger partial charge on any atom is 0.274 e. The number of amidine groups is 1. The van der Waals surface area contributed by atoms with Gasteiger partial charge in [0.2, 0.25) is 0 Å². The van der Waals surface area contributed by atoms with Crippen LogP contribution in [0.15, 0.2) is 12.2 Å². The molecule has 1 aliphatic rings. The van der Waals surface area contributed by atoms with Crippen LogP contribution in [0, 0.1) is 0 Å². The highest BCUT2D eigenvalue weighted by Crippen LogP contribution is 2.12. The lowest BCUT2D eigenvalue weighted by molar-refractivity contribution is -0.556. The standard InChI is InChI=1S/C23H44N2O/c1-4-5-6-7-8-9-10-11-12-13-14-15-16-17-18-21(2)25-20-19-24-23(25)22(3)26/h11-12,21-22,26H,4-10,13-20H2,1-3H3/p+1/b12-11-. The van der Waals surface area contributed by atoms with Crippen LogP contribution in [-0.4, -0.2) is 40.8 Å². The Morgan fingerprint density at radius 3 is 2.12 bits per heavy atom. The average Bonchev–Trinajstić information content (AvgIpc) is 3.12. The number of hydrogen-bond acceptors (Lipinski definition) is 2. The predicted octanol–water partition coefficient (Wildman–Crippen LogP) is 5.42. The van der Waals surface area contributed by atoms with Crippen LogP contribution in [0.3, 0.4) is 0 Å². The van der Waals surface area contributed by atoms with E-state index in [0.29, 0.717) is 6.04 Å². The zero-order chi connectivity index (χ0) is 19.0. The molecule has 2 atom stereocenters. The highest BCUT2D eigenvalue weighted by Gasteiger charge is 2.27. The van der Waals surface area contributed by atoms with Crippen molar-refractivity contribution in [2.24, 2.45) is 0 Å². The second kappa shape index (κ2) is 15.2. The first-order valence-corrected chi connectivity index (χ1v) is 11.4. The zero-order valence-electron chi connectivity index (χ0n) is 17.8. The van der Waals surface area contributed by atoms with E-state index in [1.165, 1.54) is 83.5 Å². The van der Waals surface area contributed by atoms with Crippen LogP contribution >= 0.6 is 0 Å². The number of allylic oxidation sites excluding steroid dienone is 2. The van der Waals surface area contributed by atoms with E-state index in [0.717, 1.165) is 18.9 Å². The van der Waals surface area contributed by atoms with Crippen molar-refractivity contribution in [1.29, 1.82) is 0 Å². The van der Waals surface area contributed by atoms with Gasteiger partial charge in [-0.15, -0.1) is 0 Å². The van der Waals surface area contributed by atoms with Crippen molar-refractivity contribution >= 4 is 5.84 Å². The Labute approximate surface area is 163 Å². The van der Waals surface area contributed by atoms with Crippen LogP contribution in [0.1, 0.15) is 104 Å². The number of nitrogens with one attached hydrogen (secondary N) is 1. The lowest BCUT2D eigenvalue weighted by Gasteiger charge is -2.14. The van der Waals surface area contributed by atoms with Crippen LogP contribution in [0.5, 0.6) is 0 Å². The second-order valence-electron chi connectivity index (χ2n) is 8.05. The summed E-state index contributed by atoms with van der Waals surface area (Å²) in [5.41, 5.74) is 0. The SMILES string of the molecule is CCCCCCCC/C=C\CCCCCCC(C)[N+]1=C(C(C)O)NCC1. The molecule has 1 heterocycles. The van der Waals surface area contributed by atoms with Crippen LogP contribution < -0.4 is 5.32 Å². The van der Waals surface area contributed by atoms with E-state index in [2.05, 4.69) is 35.9 Å². The van der Waals surface area contributed by atoms with Gasteiger partial charge in [0.15, 0.2) is 6.10 Å². The minimum absolute atomic E-state index is 0.372. The summed E-state index contributed by atoms with van der Waals surface area (Å²) in [4.78, 5) is 0. The van der Waals surface area contributed by atoms with Crippen molar-refractivity contribution < 1.29 is 9.68 Å². The number of aliphatic hydroxyl groups excluding tert-OH is 1. The van der Waals surface area contributed by atoms with Gasteiger partial charge >= 0.3 is 0 Å². The molecule has 0 saturated heterocycles. The highest BCUT2D eigenvalue weighted by atomic mass is 16.3. The van der Waals surface area contributed by atoms with Crippen LogP contribution in [0.2, 0.25) is 0 Å². The van der Waals surface area contributed by atoms with Crippen molar-refractivity contribution in [2.75, 3.05) is 13.1 Å². The summed E-state index contributed by atoms with van der Waals surface area (Å²) in [7, 11) is 0. The Bertz CT molecular complexity index is 401. The third kappa shape index (κ3) is 10.4. The third-order valence-corrected chi connectivity index (χ3v) is 5.53. The van der Waals surface area contributed by atoms with E-state index in [4.69, 9.17) is 0 Å². The van der Waals surface area contributed by atoms with E-state index in [9.17, 15) is 5.11 Å². The Hall–Kier alpha value is -0.830. The van der Waals surface area contributed by atoms with Gasteiger partial charge in [-0.3, -0.25) is 9.89 Å². The number of unbranched alkanes of at least 4 members (excludes halogenated alkanes) is 10. The van der Waals surface area contributed by atoms with E-state index in [1.807, 2.05) is 6.92 Å². The lowest BCUT2D eigenvalue weighted by atomic mass is 10.1. The van der Waals surface area contributed by atoms with Gasteiger partial charge in [0.25, 0.3) is 5.84 Å². The fourth-order valence-electron chi connectivity index (χ4n) is 3.86. The summed E-state index contributed by atoms with van der Waals surface area (Å²) in [5.74, 6) is 1.02. The van der Waals surface area contributed by atoms with Gasteiger partial charge in [0.1, 0.15) is 13.1 Å². The third-order valence-electron chi connectivity index (χ3n) is 5.53. The van der Waals surface area contributed by atoms with Crippen molar-refractivity contribution in [1.82, 2.24) is 5.32 Å². The maximum atomic E-state index is 9.82. The Balaban J connectivity index is 1.94. The fraction of sp³-hybridized carbons (Fsp3) is 0.870. The molecule has 0 aliphatic carbocycles. The van der Waals surface area contributed by atoms with Crippen LogP contribution in [0.25, 0.3) is 0 Å². The Morgan fingerprint density at radius 2 is 1.50 bits per heavy atom. The Morgan fingerprint density at radius 1 is 0.923 bits per heavy atom. The minimum atomic E-state index is -0.372. The number of rotatable bonds is 16.